The normalized spacial score (nSPS) is 15.4. The van der Waals surface area contributed by atoms with Crippen molar-refractivity contribution >= 4 is 11.5 Å². The third kappa shape index (κ3) is 2.12. The molecule has 0 aromatic heterocycles. The summed E-state index contributed by atoms with van der Waals surface area (Å²) in [5, 5.41) is 10.8. The lowest BCUT2D eigenvalue weighted by molar-refractivity contribution is -0.138. The molecule has 16 heavy (non-hydrogen) atoms. The number of para-hydroxylation sites is 1. The molecule has 1 heterocycles. The number of rotatable bonds is 4. The maximum absolute atomic E-state index is 10.6. The van der Waals surface area contributed by atoms with Gasteiger partial charge in [0.1, 0.15) is 6.04 Å². The van der Waals surface area contributed by atoms with Crippen molar-refractivity contribution in [1.82, 2.24) is 0 Å². The van der Waals surface area contributed by atoms with Crippen molar-refractivity contribution in [2.75, 3.05) is 6.54 Å². The van der Waals surface area contributed by atoms with E-state index in [2.05, 4.69) is 4.99 Å². The maximum Gasteiger partial charge on any atom is 0.320 e. The molecule has 0 bridgehead atoms. The molecule has 0 radical (unpaired) electrons. The number of fused-ring (bicyclic) bond motifs is 1. The molecule has 4 nitrogen and oxygen atoms in total. The number of hydrogen-bond donors (Lipinski definition) is 2. The lowest BCUT2D eigenvalue weighted by Crippen LogP contribution is -2.30. The van der Waals surface area contributed by atoms with Crippen LogP contribution in [-0.2, 0) is 4.79 Å². The van der Waals surface area contributed by atoms with E-state index >= 15 is 0 Å². The Morgan fingerprint density at radius 2 is 2.25 bits per heavy atom. The van der Waals surface area contributed by atoms with Gasteiger partial charge >= 0.3 is 5.97 Å². The van der Waals surface area contributed by atoms with E-state index in [1.807, 2.05) is 24.3 Å². The molecular formula is C12H14N2O2. The molecule has 0 fully saturated rings. The standard InChI is InChI=1S/C12H14N2O2/c13-10(12(15)16)6-5-8-7-14-11-4-2-1-3-9(8)11/h1-4,10H,5-7,13H2,(H,15,16)/t10-/m0/s1. The van der Waals surface area contributed by atoms with Crippen molar-refractivity contribution in [2.24, 2.45) is 10.7 Å². The van der Waals surface area contributed by atoms with Gasteiger partial charge in [0.2, 0.25) is 0 Å². The molecule has 0 spiro atoms. The summed E-state index contributed by atoms with van der Waals surface area (Å²) >= 11 is 0. The van der Waals surface area contributed by atoms with Gasteiger partial charge in [0.25, 0.3) is 0 Å². The highest BCUT2D eigenvalue weighted by Gasteiger charge is 2.13. The van der Waals surface area contributed by atoms with Crippen LogP contribution in [0.25, 0.3) is 5.57 Å². The highest BCUT2D eigenvalue weighted by atomic mass is 16.4. The summed E-state index contributed by atoms with van der Waals surface area (Å²) in [6, 6.07) is 7.14. The summed E-state index contributed by atoms with van der Waals surface area (Å²) in [5.41, 5.74) is 6.66. The first-order valence-corrected chi connectivity index (χ1v) is 5.28. The van der Waals surface area contributed by atoms with Crippen LogP contribution in [0.15, 0.2) is 29.3 Å². The molecule has 0 unspecified atom stereocenters. The molecule has 1 aliphatic heterocycles. The summed E-state index contributed by atoms with van der Waals surface area (Å²) in [6.45, 7) is 0.672. The van der Waals surface area contributed by atoms with Crippen LogP contribution in [0.3, 0.4) is 0 Å². The molecule has 1 atom stereocenters. The lowest BCUT2D eigenvalue weighted by Gasteiger charge is -2.06. The molecule has 84 valence electrons. The zero-order valence-corrected chi connectivity index (χ0v) is 8.89. The van der Waals surface area contributed by atoms with Crippen LogP contribution in [0.1, 0.15) is 12.8 Å². The monoisotopic (exact) mass is 218 g/mol. The van der Waals surface area contributed by atoms with Gasteiger partial charge in [0.05, 0.1) is 11.9 Å². The Morgan fingerprint density at radius 3 is 3.00 bits per heavy atom. The summed E-state index contributed by atoms with van der Waals surface area (Å²) in [6.07, 6.45) is 1.17. The zero-order valence-electron chi connectivity index (χ0n) is 8.89. The molecule has 1 aromatic carbocycles. The van der Waals surface area contributed by atoms with E-state index < -0.39 is 12.0 Å². The second kappa shape index (κ2) is 4.45. The van der Waals surface area contributed by atoms with Crippen LogP contribution in [-0.4, -0.2) is 23.7 Å². The topological polar surface area (TPSA) is 75.7 Å². The summed E-state index contributed by atoms with van der Waals surface area (Å²) < 4.78 is 0. The van der Waals surface area contributed by atoms with Crippen LogP contribution in [0, 0.1) is 0 Å². The molecule has 1 aromatic rings. The van der Waals surface area contributed by atoms with Gasteiger partial charge in [0, 0.05) is 5.22 Å². The SMILES string of the molecule is N[C@@H](CCC1=c2ccccc2=NC1)C(=O)O. The molecule has 1 aliphatic rings. The highest BCUT2D eigenvalue weighted by molar-refractivity contribution is 5.73. The molecule has 4 heteroatoms. The molecule has 2 rings (SSSR count). The summed E-state index contributed by atoms with van der Waals surface area (Å²) in [5.74, 6) is -0.941. The first-order valence-electron chi connectivity index (χ1n) is 5.28. The lowest BCUT2D eigenvalue weighted by atomic mass is 10.0. The molecule has 3 N–H and O–H groups in total. The van der Waals surface area contributed by atoms with Gasteiger partial charge in [-0.1, -0.05) is 18.2 Å². The van der Waals surface area contributed by atoms with Crippen LogP contribution in [0.2, 0.25) is 0 Å². The van der Waals surface area contributed by atoms with Crippen molar-refractivity contribution in [3.05, 3.63) is 34.8 Å². The van der Waals surface area contributed by atoms with Crippen LogP contribution < -0.4 is 16.3 Å². The second-order valence-electron chi connectivity index (χ2n) is 3.92. The molecular weight excluding hydrogens is 204 g/mol. The van der Waals surface area contributed by atoms with E-state index in [1.54, 1.807) is 0 Å². The maximum atomic E-state index is 10.6. The fourth-order valence-corrected chi connectivity index (χ4v) is 1.84. The third-order valence-corrected chi connectivity index (χ3v) is 2.80. The zero-order chi connectivity index (χ0) is 11.5. The number of hydrogen-bond acceptors (Lipinski definition) is 3. The Labute approximate surface area is 93.1 Å². The minimum absolute atomic E-state index is 0.467. The van der Waals surface area contributed by atoms with E-state index in [9.17, 15) is 4.79 Å². The fraction of sp³-hybridized carbons (Fsp3) is 0.333. The van der Waals surface area contributed by atoms with Gasteiger partial charge in [-0.25, -0.2) is 0 Å². The van der Waals surface area contributed by atoms with Crippen LogP contribution >= 0.6 is 0 Å². The first kappa shape index (κ1) is 10.8. The predicted octanol–water partition coefficient (Wildman–Crippen LogP) is -0.337. The number of nitrogens with two attached hydrogens (primary N) is 1. The van der Waals surface area contributed by atoms with E-state index in [1.165, 1.54) is 5.57 Å². The van der Waals surface area contributed by atoms with E-state index in [0.717, 1.165) is 10.6 Å². The van der Waals surface area contributed by atoms with Gasteiger partial charge in [-0.2, -0.15) is 0 Å². The van der Waals surface area contributed by atoms with Crippen LogP contribution in [0.4, 0.5) is 0 Å². The minimum atomic E-state index is -0.941. The van der Waals surface area contributed by atoms with Crippen molar-refractivity contribution in [3.63, 3.8) is 0 Å². The van der Waals surface area contributed by atoms with Gasteiger partial charge in [-0.05, 0) is 24.5 Å². The number of nitrogens with zero attached hydrogens (tertiary/aromatic N) is 1. The van der Waals surface area contributed by atoms with Gasteiger partial charge in [0.15, 0.2) is 0 Å². The Hall–Kier alpha value is -1.68. The average molecular weight is 218 g/mol. The number of carboxylic acid groups (broad SMARTS) is 1. The Morgan fingerprint density at radius 1 is 1.50 bits per heavy atom. The van der Waals surface area contributed by atoms with Gasteiger partial charge in [-0.15, -0.1) is 0 Å². The molecule has 0 amide bonds. The van der Waals surface area contributed by atoms with E-state index in [-0.39, 0.29) is 0 Å². The fourth-order valence-electron chi connectivity index (χ4n) is 1.84. The molecule has 0 saturated carbocycles. The quantitative estimate of drug-likeness (QED) is 0.726. The Bertz CT molecular complexity index is 522. The van der Waals surface area contributed by atoms with Gasteiger partial charge < -0.3 is 10.8 Å². The van der Waals surface area contributed by atoms with E-state index in [0.29, 0.717) is 19.4 Å². The van der Waals surface area contributed by atoms with Gasteiger partial charge in [-0.3, -0.25) is 9.79 Å². The van der Waals surface area contributed by atoms with Crippen molar-refractivity contribution < 1.29 is 9.90 Å². The summed E-state index contributed by atoms with van der Waals surface area (Å²) in [4.78, 5) is 15.0. The minimum Gasteiger partial charge on any atom is -0.480 e. The third-order valence-electron chi connectivity index (χ3n) is 2.80. The average Bonchev–Trinajstić information content (AvgIpc) is 2.69. The number of carboxylic acids is 1. The van der Waals surface area contributed by atoms with Crippen molar-refractivity contribution in [3.8, 4) is 0 Å². The summed E-state index contributed by atoms with van der Waals surface area (Å²) in [7, 11) is 0. The Balaban J connectivity index is 2.14. The number of benzene rings is 1. The van der Waals surface area contributed by atoms with Crippen molar-refractivity contribution in [2.45, 2.75) is 18.9 Å². The van der Waals surface area contributed by atoms with E-state index in [4.69, 9.17) is 10.8 Å². The largest absolute Gasteiger partial charge is 0.480 e. The predicted molar refractivity (Wildman–Crippen MR) is 60.3 cm³/mol. The highest BCUT2D eigenvalue weighted by Crippen LogP contribution is 2.08. The molecule has 0 aliphatic carbocycles. The first-order chi connectivity index (χ1) is 7.68. The van der Waals surface area contributed by atoms with Crippen molar-refractivity contribution in [1.29, 1.82) is 0 Å². The number of carbonyl (C=O) groups is 1. The number of aliphatic carboxylic acids is 1. The molecule has 0 saturated heterocycles. The smallest absolute Gasteiger partial charge is 0.320 e. The second-order valence-corrected chi connectivity index (χ2v) is 3.92. The van der Waals surface area contributed by atoms with Crippen LogP contribution in [0.5, 0.6) is 0 Å². The Kier molecular flexibility index (Phi) is 3.01.